The van der Waals surface area contributed by atoms with Crippen LogP contribution in [0.15, 0.2) is 48.5 Å². The lowest BCUT2D eigenvalue weighted by Crippen LogP contribution is -2.15. The predicted octanol–water partition coefficient (Wildman–Crippen LogP) is 3.57. The summed E-state index contributed by atoms with van der Waals surface area (Å²) in [5.74, 6) is -0.557. The number of nitrogens with one attached hydrogen (secondary N) is 1. The van der Waals surface area contributed by atoms with Gasteiger partial charge < -0.3 is 5.32 Å². The van der Waals surface area contributed by atoms with Gasteiger partial charge in [-0.1, -0.05) is 37.3 Å². The van der Waals surface area contributed by atoms with Gasteiger partial charge >= 0.3 is 0 Å². The van der Waals surface area contributed by atoms with Crippen molar-refractivity contribution in [3.8, 4) is 0 Å². The fraction of sp³-hybridized carbons (Fsp3) is 0.188. The largest absolute Gasteiger partial charge is 0.326 e. The molecule has 1 N–H and O–H groups in total. The molecule has 2 aromatic rings. The average molecular weight is 257 g/mol. The number of carbonyl (C=O) groups is 1. The highest BCUT2D eigenvalue weighted by molar-refractivity contribution is 5.92. The number of anilines is 1. The zero-order valence-corrected chi connectivity index (χ0v) is 10.8. The van der Waals surface area contributed by atoms with Crippen molar-refractivity contribution in [3.05, 3.63) is 65.5 Å². The van der Waals surface area contributed by atoms with E-state index >= 15 is 0 Å². The normalized spacial score (nSPS) is 10.2. The SMILES string of the molecule is CCc1cccc(NC(=O)Cc2ccccc2F)c1. The van der Waals surface area contributed by atoms with E-state index in [0.717, 1.165) is 17.7 Å². The van der Waals surface area contributed by atoms with Gasteiger partial charge in [0.2, 0.25) is 5.91 Å². The standard InChI is InChI=1S/C16H16FNO/c1-2-12-6-5-8-14(10-12)18-16(19)11-13-7-3-4-9-15(13)17/h3-10H,2,11H2,1H3,(H,18,19). The molecule has 0 aliphatic carbocycles. The van der Waals surface area contributed by atoms with Crippen molar-refractivity contribution in [1.29, 1.82) is 0 Å². The van der Waals surface area contributed by atoms with E-state index in [9.17, 15) is 9.18 Å². The van der Waals surface area contributed by atoms with Crippen LogP contribution in [-0.2, 0) is 17.6 Å². The second-order valence-electron chi connectivity index (χ2n) is 4.37. The maximum absolute atomic E-state index is 13.4. The Morgan fingerprint density at radius 3 is 2.68 bits per heavy atom. The van der Waals surface area contributed by atoms with Crippen molar-refractivity contribution in [2.75, 3.05) is 5.32 Å². The number of amides is 1. The van der Waals surface area contributed by atoms with Crippen LogP contribution >= 0.6 is 0 Å². The molecule has 0 aliphatic heterocycles. The van der Waals surface area contributed by atoms with E-state index in [0.29, 0.717) is 5.56 Å². The number of hydrogen-bond donors (Lipinski definition) is 1. The molecule has 2 nitrogen and oxygen atoms in total. The second kappa shape index (κ2) is 6.14. The molecule has 98 valence electrons. The van der Waals surface area contributed by atoms with Crippen LogP contribution in [0.25, 0.3) is 0 Å². The van der Waals surface area contributed by atoms with Crippen LogP contribution < -0.4 is 5.32 Å². The molecule has 19 heavy (non-hydrogen) atoms. The third-order valence-electron chi connectivity index (χ3n) is 2.93. The molecule has 2 aromatic carbocycles. The second-order valence-corrected chi connectivity index (χ2v) is 4.37. The smallest absolute Gasteiger partial charge is 0.228 e. The Labute approximate surface area is 112 Å². The summed E-state index contributed by atoms with van der Waals surface area (Å²) in [6.45, 7) is 2.06. The van der Waals surface area contributed by atoms with Crippen LogP contribution in [0.5, 0.6) is 0 Å². The van der Waals surface area contributed by atoms with Crippen LogP contribution in [0.2, 0.25) is 0 Å². The van der Waals surface area contributed by atoms with Crippen LogP contribution in [-0.4, -0.2) is 5.91 Å². The number of benzene rings is 2. The Balaban J connectivity index is 2.03. The van der Waals surface area contributed by atoms with E-state index < -0.39 is 0 Å². The summed E-state index contributed by atoms with van der Waals surface area (Å²) < 4.78 is 13.4. The van der Waals surface area contributed by atoms with Crippen LogP contribution in [0.3, 0.4) is 0 Å². The lowest BCUT2D eigenvalue weighted by molar-refractivity contribution is -0.115. The minimum atomic E-state index is -0.347. The van der Waals surface area contributed by atoms with Gasteiger partial charge in [0.1, 0.15) is 5.82 Å². The summed E-state index contributed by atoms with van der Waals surface area (Å²) >= 11 is 0. The molecular weight excluding hydrogens is 241 g/mol. The third-order valence-corrected chi connectivity index (χ3v) is 2.93. The van der Waals surface area contributed by atoms with Crippen molar-refractivity contribution in [2.45, 2.75) is 19.8 Å². The minimum Gasteiger partial charge on any atom is -0.326 e. The molecule has 0 aromatic heterocycles. The maximum Gasteiger partial charge on any atom is 0.228 e. The van der Waals surface area contributed by atoms with Crippen molar-refractivity contribution in [2.24, 2.45) is 0 Å². The molecule has 0 unspecified atom stereocenters. The molecule has 1 amide bonds. The van der Waals surface area contributed by atoms with Gasteiger partial charge in [-0.25, -0.2) is 4.39 Å². The fourth-order valence-electron chi connectivity index (χ4n) is 1.89. The molecule has 0 fully saturated rings. The van der Waals surface area contributed by atoms with E-state index in [2.05, 4.69) is 12.2 Å². The summed E-state index contributed by atoms with van der Waals surface area (Å²) in [5.41, 5.74) is 2.32. The van der Waals surface area contributed by atoms with E-state index in [1.807, 2.05) is 24.3 Å². The van der Waals surface area contributed by atoms with E-state index in [1.165, 1.54) is 6.07 Å². The monoisotopic (exact) mass is 257 g/mol. The Morgan fingerprint density at radius 1 is 1.16 bits per heavy atom. The molecule has 0 radical (unpaired) electrons. The van der Waals surface area contributed by atoms with Crippen LogP contribution in [0, 0.1) is 5.82 Å². The molecule has 0 spiro atoms. The molecule has 0 saturated heterocycles. The Morgan fingerprint density at radius 2 is 1.95 bits per heavy atom. The van der Waals surface area contributed by atoms with Gasteiger partial charge in [-0.15, -0.1) is 0 Å². The van der Waals surface area contributed by atoms with Crippen LogP contribution in [0.4, 0.5) is 10.1 Å². The van der Waals surface area contributed by atoms with Gasteiger partial charge in [-0.3, -0.25) is 4.79 Å². The molecule has 3 heteroatoms. The Bertz CT molecular complexity index is 580. The highest BCUT2D eigenvalue weighted by Crippen LogP contribution is 2.13. The van der Waals surface area contributed by atoms with Crippen molar-refractivity contribution in [1.82, 2.24) is 0 Å². The number of hydrogen-bond acceptors (Lipinski definition) is 1. The molecule has 2 rings (SSSR count). The van der Waals surface area contributed by atoms with E-state index in [4.69, 9.17) is 0 Å². The van der Waals surface area contributed by atoms with Crippen molar-refractivity contribution >= 4 is 11.6 Å². The van der Waals surface area contributed by atoms with Gasteiger partial charge in [0.15, 0.2) is 0 Å². The molecule has 0 heterocycles. The predicted molar refractivity (Wildman–Crippen MR) is 74.6 cm³/mol. The molecule has 0 aliphatic rings. The minimum absolute atomic E-state index is 0.0447. The van der Waals surface area contributed by atoms with Gasteiger partial charge in [0.05, 0.1) is 6.42 Å². The summed E-state index contributed by atoms with van der Waals surface area (Å²) in [6, 6.07) is 14.0. The number of aryl methyl sites for hydroxylation is 1. The van der Waals surface area contributed by atoms with Crippen molar-refractivity contribution < 1.29 is 9.18 Å². The quantitative estimate of drug-likeness (QED) is 0.891. The molecule has 0 saturated carbocycles. The lowest BCUT2D eigenvalue weighted by atomic mass is 10.1. The maximum atomic E-state index is 13.4. The average Bonchev–Trinajstić information content (AvgIpc) is 2.41. The number of carbonyl (C=O) groups excluding carboxylic acids is 1. The van der Waals surface area contributed by atoms with Gasteiger partial charge in [-0.05, 0) is 35.7 Å². The molecular formula is C16H16FNO. The van der Waals surface area contributed by atoms with Crippen molar-refractivity contribution in [3.63, 3.8) is 0 Å². The first-order valence-corrected chi connectivity index (χ1v) is 6.31. The first-order chi connectivity index (χ1) is 9.19. The van der Waals surface area contributed by atoms with Gasteiger partial charge in [0.25, 0.3) is 0 Å². The first kappa shape index (κ1) is 13.3. The number of rotatable bonds is 4. The Hall–Kier alpha value is -2.16. The van der Waals surface area contributed by atoms with Crippen LogP contribution in [0.1, 0.15) is 18.1 Å². The summed E-state index contributed by atoms with van der Waals surface area (Å²) in [6.07, 6.45) is 0.958. The summed E-state index contributed by atoms with van der Waals surface area (Å²) in [5, 5.41) is 2.79. The topological polar surface area (TPSA) is 29.1 Å². The zero-order chi connectivity index (χ0) is 13.7. The summed E-state index contributed by atoms with van der Waals surface area (Å²) in [4.78, 5) is 11.9. The fourth-order valence-corrected chi connectivity index (χ4v) is 1.89. The third kappa shape index (κ3) is 3.65. The molecule has 0 bridgehead atoms. The summed E-state index contributed by atoms with van der Waals surface area (Å²) in [7, 11) is 0. The highest BCUT2D eigenvalue weighted by Gasteiger charge is 2.07. The first-order valence-electron chi connectivity index (χ1n) is 6.31. The van der Waals surface area contributed by atoms with Gasteiger partial charge in [0, 0.05) is 5.69 Å². The van der Waals surface area contributed by atoms with E-state index in [-0.39, 0.29) is 18.1 Å². The van der Waals surface area contributed by atoms with Gasteiger partial charge in [-0.2, -0.15) is 0 Å². The highest BCUT2D eigenvalue weighted by atomic mass is 19.1. The molecule has 0 atom stereocenters. The lowest BCUT2D eigenvalue weighted by Gasteiger charge is -2.07. The Kier molecular flexibility index (Phi) is 4.29. The zero-order valence-electron chi connectivity index (χ0n) is 10.8. The number of halogens is 1. The van der Waals surface area contributed by atoms with E-state index in [1.54, 1.807) is 18.2 Å².